The quantitative estimate of drug-likeness (QED) is 0.737. The van der Waals surface area contributed by atoms with Crippen LogP contribution in [-0.2, 0) is 6.54 Å². The van der Waals surface area contributed by atoms with Gasteiger partial charge in [0.25, 0.3) is 5.91 Å². The average molecular weight is 311 g/mol. The predicted octanol–water partition coefficient (Wildman–Crippen LogP) is 2.79. The summed E-state index contributed by atoms with van der Waals surface area (Å²) in [6, 6.07) is 18.1. The molecule has 0 aliphatic heterocycles. The standard InChI is InChI=1S/C19H25N3O/c1-2-22(15-16-7-4-3-5-8-16)18-11-9-17(10-12-18)19(23)21-14-6-13-20/h3-5,7-12H,2,6,13-15,20H2,1H3,(H,21,23). The van der Waals surface area contributed by atoms with Crippen molar-refractivity contribution in [2.45, 2.75) is 19.9 Å². The molecule has 0 heterocycles. The van der Waals surface area contributed by atoms with Gasteiger partial charge in [0, 0.05) is 30.9 Å². The summed E-state index contributed by atoms with van der Waals surface area (Å²) in [5.74, 6) is -0.0453. The van der Waals surface area contributed by atoms with Crippen molar-refractivity contribution in [2.75, 3.05) is 24.5 Å². The van der Waals surface area contributed by atoms with Crippen LogP contribution in [0.5, 0.6) is 0 Å². The molecule has 0 aliphatic rings. The molecule has 23 heavy (non-hydrogen) atoms. The molecule has 0 saturated carbocycles. The largest absolute Gasteiger partial charge is 0.367 e. The number of anilines is 1. The van der Waals surface area contributed by atoms with Gasteiger partial charge in [-0.1, -0.05) is 30.3 Å². The van der Waals surface area contributed by atoms with Crippen LogP contribution in [0, 0.1) is 0 Å². The van der Waals surface area contributed by atoms with Gasteiger partial charge in [-0.25, -0.2) is 0 Å². The molecular formula is C19H25N3O. The number of hydrogen-bond donors (Lipinski definition) is 2. The van der Waals surface area contributed by atoms with Crippen molar-refractivity contribution in [1.29, 1.82) is 0 Å². The molecule has 0 bridgehead atoms. The first-order valence-corrected chi connectivity index (χ1v) is 8.11. The van der Waals surface area contributed by atoms with Gasteiger partial charge in [0.05, 0.1) is 0 Å². The molecule has 0 saturated heterocycles. The van der Waals surface area contributed by atoms with E-state index in [1.54, 1.807) is 0 Å². The molecule has 3 N–H and O–H groups in total. The molecular weight excluding hydrogens is 286 g/mol. The third-order valence-corrected chi connectivity index (χ3v) is 3.76. The maximum atomic E-state index is 12.0. The lowest BCUT2D eigenvalue weighted by molar-refractivity contribution is 0.0953. The normalized spacial score (nSPS) is 10.3. The zero-order valence-electron chi connectivity index (χ0n) is 13.7. The van der Waals surface area contributed by atoms with Crippen LogP contribution in [0.3, 0.4) is 0 Å². The summed E-state index contributed by atoms with van der Waals surface area (Å²) < 4.78 is 0. The first kappa shape index (κ1) is 17.0. The number of nitrogens with one attached hydrogen (secondary N) is 1. The van der Waals surface area contributed by atoms with Crippen molar-refractivity contribution in [3.05, 3.63) is 65.7 Å². The Hall–Kier alpha value is -2.33. The minimum Gasteiger partial charge on any atom is -0.367 e. The van der Waals surface area contributed by atoms with Crippen molar-refractivity contribution >= 4 is 11.6 Å². The highest BCUT2D eigenvalue weighted by molar-refractivity contribution is 5.94. The highest BCUT2D eigenvalue weighted by Gasteiger charge is 2.08. The van der Waals surface area contributed by atoms with E-state index in [1.165, 1.54) is 5.56 Å². The second-order valence-corrected chi connectivity index (χ2v) is 5.44. The highest BCUT2D eigenvalue weighted by atomic mass is 16.1. The lowest BCUT2D eigenvalue weighted by Crippen LogP contribution is -2.26. The molecule has 0 unspecified atom stereocenters. The van der Waals surface area contributed by atoms with E-state index < -0.39 is 0 Å². The van der Waals surface area contributed by atoms with Gasteiger partial charge in [-0.3, -0.25) is 4.79 Å². The minimum absolute atomic E-state index is 0.0453. The van der Waals surface area contributed by atoms with Gasteiger partial charge >= 0.3 is 0 Å². The Labute approximate surface area is 138 Å². The van der Waals surface area contributed by atoms with Crippen LogP contribution in [0.15, 0.2) is 54.6 Å². The molecule has 0 aromatic heterocycles. The molecule has 0 aliphatic carbocycles. The number of rotatable bonds is 8. The van der Waals surface area contributed by atoms with E-state index in [0.717, 1.165) is 25.2 Å². The third-order valence-electron chi connectivity index (χ3n) is 3.76. The van der Waals surface area contributed by atoms with Crippen LogP contribution in [0.1, 0.15) is 29.3 Å². The fourth-order valence-corrected chi connectivity index (χ4v) is 2.42. The van der Waals surface area contributed by atoms with Crippen LogP contribution in [0.2, 0.25) is 0 Å². The number of amides is 1. The second-order valence-electron chi connectivity index (χ2n) is 5.44. The first-order chi connectivity index (χ1) is 11.2. The van der Waals surface area contributed by atoms with Gasteiger partial charge in [0.1, 0.15) is 0 Å². The molecule has 122 valence electrons. The van der Waals surface area contributed by atoms with Crippen molar-refractivity contribution < 1.29 is 4.79 Å². The lowest BCUT2D eigenvalue weighted by atomic mass is 10.1. The number of hydrogen-bond acceptors (Lipinski definition) is 3. The van der Waals surface area contributed by atoms with E-state index in [9.17, 15) is 4.79 Å². The summed E-state index contributed by atoms with van der Waals surface area (Å²) >= 11 is 0. The smallest absolute Gasteiger partial charge is 0.251 e. The van der Waals surface area contributed by atoms with E-state index in [2.05, 4.69) is 41.4 Å². The monoisotopic (exact) mass is 311 g/mol. The summed E-state index contributed by atoms with van der Waals surface area (Å²) in [6.07, 6.45) is 0.796. The zero-order valence-corrected chi connectivity index (χ0v) is 13.7. The summed E-state index contributed by atoms with van der Waals surface area (Å²) in [6.45, 7) is 5.11. The van der Waals surface area contributed by atoms with E-state index in [1.807, 2.05) is 30.3 Å². The Morgan fingerprint density at radius 2 is 1.78 bits per heavy atom. The maximum absolute atomic E-state index is 12.0. The maximum Gasteiger partial charge on any atom is 0.251 e. The molecule has 2 aromatic carbocycles. The van der Waals surface area contributed by atoms with Gasteiger partial charge in [-0.05, 0) is 49.7 Å². The number of carbonyl (C=O) groups excluding carboxylic acids is 1. The molecule has 0 atom stereocenters. The van der Waals surface area contributed by atoms with Gasteiger partial charge in [-0.2, -0.15) is 0 Å². The van der Waals surface area contributed by atoms with Crippen LogP contribution >= 0.6 is 0 Å². The zero-order chi connectivity index (χ0) is 16.5. The van der Waals surface area contributed by atoms with Crippen LogP contribution in [0.25, 0.3) is 0 Å². The molecule has 0 radical (unpaired) electrons. The van der Waals surface area contributed by atoms with E-state index >= 15 is 0 Å². The molecule has 2 aromatic rings. The average Bonchev–Trinajstić information content (AvgIpc) is 2.61. The summed E-state index contributed by atoms with van der Waals surface area (Å²) in [5, 5.41) is 2.87. The van der Waals surface area contributed by atoms with Crippen LogP contribution < -0.4 is 16.0 Å². The number of benzene rings is 2. The Bertz CT molecular complexity index is 596. The Morgan fingerprint density at radius 3 is 2.39 bits per heavy atom. The molecule has 0 fully saturated rings. The third kappa shape index (κ3) is 5.11. The van der Waals surface area contributed by atoms with Crippen molar-refractivity contribution in [3.63, 3.8) is 0 Å². The molecule has 1 amide bonds. The predicted molar refractivity (Wildman–Crippen MR) is 95.6 cm³/mol. The Balaban J connectivity index is 2.00. The van der Waals surface area contributed by atoms with E-state index in [-0.39, 0.29) is 5.91 Å². The van der Waals surface area contributed by atoms with Crippen molar-refractivity contribution in [1.82, 2.24) is 5.32 Å². The van der Waals surface area contributed by atoms with Gasteiger partial charge in [0.2, 0.25) is 0 Å². The van der Waals surface area contributed by atoms with Gasteiger partial charge in [0.15, 0.2) is 0 Å². The highest BCUT2D eigenvalue weighted by Crippen LogP contribution is 2.18. The fourth-order valence-electron chi connectivity index (χ4n) is 2.42. The number of carbonyl (C=O) groups is 1. The first-order valence-electron chi connectivity index (χ1n) is 8.11. The molecule has 4 heteroatoms. The summed E-state index contributed by atoms with van der Waals surface area (Å²) in [7, 11) is 0. The fraction of sp³-hybridized carbons (Fsp3) is 0.316. The number of nitrogens with two attached hydrogens (primary N) is 1. The van der Waals surface area contributed by atoms with E-state index in [0.29, 0.717) is 18.7 Å². The minimum atomic E-state index is -0.0453. The lowest BCUT2D eigenvalue weighted by Gasteiger charge is -2.23. The van der Waals surface area contributed by atoms with Crippen molar-refractivity contribution in [2.24, 2.45) is 5.73 Å². The van der Waals surface area contributed by atoms with Crippen molar-refractivity contribution in [3.8, 4) is 0 Å². The molecule has 0 spiro atoms. The van der Waals surface area contributed by atoms with Gasteiger partial charge < -0.3 is 16.0 Å². The Morgan fingerprint density at radius 1 is 1.09 bits per heavy atom. The molecule has 4 nitrogen and oxygen atoms in total. The van der Waals surface area contributed by atoms with Crippen LogP contribution in [-0.4, -0.2) is 25.5 Å². The second kappa shape index (κ2) is 8.96. The summed E-state index contributed by atoms with van der Waals surface area (Å²) in [5.41, 5.74) is 8.51. The summed E-state index contributed by atoms with van der Waals surface area (Å²) in [4.78, 5) is 14.3. The Kier molecular flexibility index (Phi) is 6.63. The molecule has 2 rings (SSSR count). The van der Waals surface area contributed by atoms with Gasteiger partial charge in [-0.15, -0.1) is 0 Å². The topological polar surface area (TPSA) is 58.4 Å². The number of nitrogens with zero attached hydrogens (tertiary/aromatic N) is 1. The van der Waals surface area contributed by atoms with E-state index in [4.69, 9.17) is 5.73 Å². The van der Waals surface area contributed by atoms with Crippen LogP contribution in [0.4, 0.5) is 5.69 Å². The SMILES string of the molecule is CCN(Cc1ccccc1)c1ccc(C(=O)NCCCN)cc1.